The number of benzene rings is 1. The molecule has 0 spiro atoms. The smallest absolute Gasteiger partial charge is 0.416 e. The minimum atomic E-state index is -0.909. The van der Waals surface area contributed by atoms with Gasteiger partial charge in [0.15, 0.2) is 0 Å². The molecule has 1 aliphatic heterocycles. The first-order valence-corrected chi connectivity index (χ1v) is 7.78. The fourth-order valence-electron chi connectivity index (χ4n) is 2.28. The molecule has 130 valence electrons. The molecule has 0 aliphatic carbocycles. The number of rotatable bonds is 4. The third-order valence-electron chi connectivity index (χ3n) is 3.30. The van der Waals surface area contributed by atoms with Crippen LogP contribution in [-0.2, 0) is 20.7 Å². The maximum Gasteiger partial charge on any atom is 0.416 e. The van der Waals surface area contributed by atoms with Crippen LogP contribution in [-0.4, -0.2) is 47.8 Å². The second kappa shape index (κ2) is 7.33. The van der Waals surface area contributed by atoms with Gasteiger partial charge in [-0.2, -0.15) is 0 Å². The molecule has 2 rings (SSSR count). The summed E-state index contributed by atoms with van der Waals surface area (Å²) in [6.07, 6.45) is -1.14. The van der Waals surface area contributed by atoms with Crippen molar-refractivity contribution in [2.24, 2.45) is 0 Å². The Balaban J connectivity index is 2.13. The standard InChI is InChI=1S/C17H22N2O5/c1-17(2,3)24-15(21)18-13(11-12-7-5-4-6-8-12)14(20)19-9-10-23-16(19)22/h4-8,13H,9-11H2,1-3H3,(H,18,21). The molecule has 0 bridgehead atoms. The Morgan fingerprint density at radius 3 is 2.50 bits per heavy atom. The van der Waals surface area contributed by atoms with Gasteiger partial charge in [0.25, 0.3) is 5.91 Å². The fourth-order valence-corrected chi connectivity index (χ4v) is 2.28. The van der Waals surface area contributed by atoms with Gasteiger partial charge in [0.2, 0.25) is 0 Å². The lowest BCUT2D eigenvalue weighted by atomic mass is 10.0. The lowest BCUT2D eigenvalue weighted by Gasteiger charge is -2.24. The summed E-state index contributed by atoms with van der Waals surface area (Å²) in [7, 11) is 0. The number of cyclic esters (lactones) is 1. The Morgan fingerprint density at radius 2 is 1.96 bits per heavy atom. The normalized spacial score (nSPS) is 15.6. The van der Waals surface area contributed by atoms with E-state index in [0.717, 1.165) is 10.5 Å². The summed E-state index contributed by atoms with van der Waals surface area (Å²) in [5, 5.41) is 2.56. The lowest BCUT2D eigenvalue weighted by molar-refractivity contribution is -0.130. The molecule has 1 atom stereocenters. The van der Waals surface area contributed by atoms with Gasteiger partial charge in [-0.3, -0.25) is 4.79 Å². The Hall–Kier alpha value is -2.57. The molecule has 0 radical (unpaired) electrons. The van der Waals surface area contributed by atoms with Gasteiger partial charge < -0.3 is 14.8 Å². The van der Waals surface area contributed by atoms with Crippen molar-refractivity contribution < 1.29 is 23.9 Å². The van der Waals surface area contributed by atoms with E-state index < -0.39 is 29.7 Å². The van der Waals surface area contributed by atoms with E-state index in [2.05, 4.69) is 5.32 Å². The van der Waals surface area contributed by atoms with Gasteiger partial charge in [-0.05, 0) is 26.3 Å². The van der Waals surface area contributed by atoms with Crippen LogP contribution in [0.5, 0.6) is 0 Å². The second-order valence-corrected chi connectivity index (χ2v) is 6.49. The summed E-state index contributed by atoms with van der Waals surface area (Å²) >= 11 is 0. The van der Waals surface area contributed by atoms with Crippen LogP contribution in [0.15, 0.2) is 30.3 Å². The van der Waals surface area contributed by atoms with E-state index in [9.17, 15) is 14.4 Å². The Labute approximate surface area is 140 Å². The van der Waals surface area contributed by atoms with Crippen molar-refractivity contribution >= 4 is 18.1 Å². The molecule has 7 heteroatoms. The van der Waals surface area contributed by atoms with E-state index in [1.54, 1.807) is 20.8 Å². The van der Waals surface area contributed by atoms with E-state index in [0.29, 0.717) is 0 Å². The van der Waals surface area contributed by atoms with Gasteiger partial charge in [-0.1, -0.05) is 30.3 Å². The molecule has 1 aliphatic rings. The number of carbonyl (C=O) groups is 3. The largest absolute Gasteiger partial charge is 0.447 e. The molecule has 0 saturated carbocycles. The summed E-state index contributed by atoms with van der Waals surface area (Å²) in [5.74, 6) is -0.507. The SMILES string of the molecule is CC(C)(C)OC(=O)NC(Cc1ccccc1)C(=O)N1CCOC1=O. The molecule has 24 heavy (non-hydrogen) atoms. The fraction of sp³-hybridized carbons (Fsp3) is 0.471. The third-order valence-corrected chi connectivity index (χ3v) is 3.30. The molecule has 1 aromatic rings. The number of amides is 3. The molecule has 1 aromatic carbocycles. The molecule has 1 fully saturated rings. The number of ether oxygens (including phenoxy) is 2. The highest BCUT2D eigenvalue weighted by molar-refractivity contribution is 5.97. The van der Waals surface area contributed by atoms with E-state index in [-0.39, 0.29) is 19.6 Å². The number of hydrogen-bond acceptors (Lipinski definition) is 5. The van der Waals surface area contributed by atoms with E-state index in [1.165, 1.54) is 0 Å². The number of alkyl carbamates (subject to hydrolysis) is 1. The van der Waals surface area contributed by atoms with Crippen molar-refractivity contribution in [1.29, 1.82) is 0 Å². The number of nitrogens with zero attached hydrogens (tertiary/aromatic N) is 1. The van der Waals surface area contributed by atoms with Crippen molar-refractivity contribution in [2.45, 2.75) is 38.8 Å². The average molecular weight is 334 g/mol. The third kappa shape index (κ3) is 4.97. The highest BCUT2D eigenvalue weighted by Gasteiger charge is 2.35. The zero-order valence-corrected chi connectivity index (χ0v) is 14.1. The summed E-state index contributed by atoms with van der Waals surface area (Å²) in [6.45, 7) is 5.54. The van der Waals surface area contributed by atoms with Gasteiger partial charge in [-0.15, -0.1) is 0 Å². The van der Waals surface area contributed by atoms with Crippen LogP contribution in [0.2, 0.25) is 0 Å². The van der Waals surface area contributed by atoms with Crippen LogP contribution in [0.3, 0.4) is 0 Å². The van der Waals surface area contributed by atoms with Crippen molar-refractivity contribution in [2.75, 3.05) is 13.2 Å². The van der Waals surface area contributed by atoms with Gasteiger partial charge in [0, 0.05) is 6.42 Å². The molecular formula is C17H22N2O5. The second-order valence-electron chi connectivity index (χ2n) is 6.49. The van der Waals surface area contributed by atoms with Gasteiger partial charge in [-0.25, -0.2) is 14.5 Å². The first-order chi connectivity index (χ1) is 11.3. The predicted octanol–water partition coefficient (Wildman–Crippen LogP) is 2.10. The van der Waals surface area contributed by atoms with Crippen LogP contribution in [0.4, 0.5) is 9.59 Å². The Kier molecular flexibility index (Phi) is 5.43. The van der Waals surface area contributed by atoms with Crippen LogP contribution >= 0.6 is 0 Å². The van der Waals surface area contributed by atoms with Gasteiger partial charge >= 0.3 is 12.2 Å². The average Bonchev–Trinajstić information content (AvgIpc) is 2.91. The number of nitrogens with one attached hydrogen (secondary N) is 1. The first kappa shape index (κ1) is 17.8. The molecule has 7 nitrogen and oxygen atoms in total. The monoisotopic (exact) mass is 334 g/mol. The van der Waals surface area contributed by atoms with E-state index >= 15 is 0 Å². The minimum absolute atomic E-state index is 0.162. The van der Waals surface area contributed by atoms with Crippen LogP contribution in [0, 0.1) is 0 Å². The highest BCUT2D eigenvalue weighted by Crippen LogP contribution is 2.12. The maximum absolute atomic E-state index is 12.6. The molecular weight excluding hydrogens is 312 g/mol. The Bertz CT molecular complexity index is 609. The van der Waals surface area contributed by atoms with Crippen LogP contribution < -0.4 is 5.32 Å². The molecule has 1 N–H and O–H groups in total. The summed E-state index contributed by atoms with van der Waals surface area (Å²) < 4.78 is 10.0. The number of carbonyl (C=O) groups excluding carboxylic acids is 3. The molecule has 1 saturated heterocycles. The summed E-state index contributed by atoms with van der Waals surface area (Å²) in [6, 6.07) is 8.33. The summed E-state index contributed by atoms with van der Waals surface area (Å²) in [4.78, 5) is 37.3. The van der Waals surface area contributed by atoms with E-state index in [1.807, 2.05) is 30.3 Å². The van der Waals surface area contributed by atoms with Gasteiger partial charge in [0.1, 0.15) is 18.2 Å². The summed E-state index contributed by atoms with van der Waals surface area (Å²) in [5.41, 5.74) is 0.177. The topological polar surface area (TPSA) is 84.9 Å². The Morgan fingerprint density at radius 1 is 1.29 bits per heavy atom. The van der Waals surface area contributed by atoms with Crippen LogP contribution in [0.25, 0.3) is 0 Å². The molecule has 3 amide bonds. The van der Waals surface area contributed by atoms with Crippen molar-refractivity contribution in [3.63, 3.8) is 0 Å². The quantitative estimate of drug-likeness (QED) is 0.911. The van der Waals surface area contributed by atoms with Crippen molar-refractivity contribution in [1.82, 2.24) is 10.2 Å². The highest BCUT2D eigenvalue weighted by atomic mass is 16.6. The lowest BCUT2D eigenvalue weighted by Crippen LogP contribution is -2.51. The predicted molar refractivity (Wildman–Crippen MR) is 86.4 cm³/mol. The minimum Gasteiger partial charge on any atom is -0.447 e. The molecule has 1 heterocycles. The number of hydrogen-bond donors (Lipinski definition) is 1. The van der Waals surface area contributed by atoms with Crippen LogP contribution in [0.1, 0.15) is 26.3 Å². The van der Waals surface area contributed by atoms with Gasteiger partial charge in [0.05, 0.1) is 6.54 Å². The first-order valence-electron chi connectivity index (χ1n) is 7.78. The van der Waals surface area contributed by atoms with E-state index in [4.69, 9.17) is 9.47 Å². The van der Waals surface area contributed by atoms with Crippen molar-refractivity contribution in [3.05, 3.63) is 35.9 Å². The number of imide groups is 1. The molecule has 1 unspecified atom stereocenters. The maximum atomic E-state index is 12.6. The zero-order valence-electron chi connectivity index (χ0n) is 14.1. The zero-order chi connectivity index (χ0) is 17.7. The van der Waals surface area contributed by atoms with Crippen molar-refractivity contribution in [3.8, 4) is 0 Å². The molecule has 0 aromatic heterocycles.